The lowest BCUT2D eigenvalue weighted by atomic mass is 10.2. The van der Waals surface area contributed by atoms with Gasteiger partial charge in [0.1, 0.15) is 5.82 Å². The van der Waals surface area contributed by atoms with Crippen LogP contribution in [0.2, 0.25) is 0 Å². The van der Waals surface area contributed by atoms with E-state index in [0.29, 0.717) is 11.3 Å². The van der Waals surface area contributed by atoms with Gasteiger partial charge in [-0.05, 0) is 42.2 Å². The molecule has 0 aromatic heterocycles. The van der Waals surface area contributed by atoms with E-state index in [4.69, 9.17) is 10.00 Å². The third-order valence-electron chi connectivity index (χ3n) is 3.62. The van der Waals surface area contributed by atoms with Crippen molar-refractivity contribution in [1.29, 1.82) is 5.26 Å². The third-order valence-corrected chi connectivity index (χ3v) is 4.58. The van der Waals surface area contributed by atoms with Crippen molar-refractivity contribution in [2.24, 2.45) is 0 Å². The zero-order valence-corrected chi connectivity index (χ0v) is 15.7. The maximum atomic E-state index is 13.1. The van der Waals surface area contributed by atoms with Crippen molar-refractivity contribution in [3.8, 4) is 6.07 Å². The van der Waals surface area contributed by atoms with E-state index >= 15 is 0 Å². The standard InChI is InChI=1S/C20H19FN2O3S/c1-2-27-18-7-4-3-6-17(18)20(25)26-14-19(24)23(13-5-12-22)16-10-8-15(21)9-11-16/h3-4,6-11H,2,5,13-14H2,1H3. The van der Waals surface area contributed by atoms with Gasteiger partial charge in [-0.2, -0.15) is 5.26 Å². The Bertz CT molecular complexity index is 834. The summed E-state index contributed by atoms with van der Waals surface area (Å²) in [6.07, 6.45) is 0.104. The molecule has 2 aromatic carbocycles. The van der Waals surface area contributed by atoms with Crippen LogP contribution in [-0.4, -0.2) is 30.8 Å². The molecule has 140 valence electrons. The van der Waals surface area contributed by atoms with E-state index in [1.54, 1.807) is 12.1 Å². The number of anilines is 1. The molecule has 0 aliphatic heterocycles. The van der Waals surface area contributed by atoms with E-state index in [1.165, 1.54) is 40.9 Å². The van der Waals surface area contributed by atoms with Crippen molar-refractivity contribution >= 4 is 29.3 Å². The maximum absolute atomic E-state index is 13.1. The van der Waals surface area contributed by atoms with Crippen molar-refractivity contribution in [3.05, 3.63) is 59.9 Å². The highest BCUT2D eigenvalue weighted by atomic mass is 32.2. The van der Waals surface area contributed by atoms with Gasteiger partial charge in [-0.15, -0.1) is 11.8 Å². The molecule has 0 radical (unpaired) electrons. The van der Waals surface area contributed by atoms with Gasteiger partial charge >= 0.3 is 5.97 Å². The molecule has 0 aliphatic rings. The quantitative estimate of drug-likeness (QED) is 0.506. The minimum atomic E-state index is -0.584. The first-order valence-corrected chi connectivity index (χ1v) is 9.37. The zero-order valence-electron chi connectivity index (χ0n) is 14.9. The van der Waals surface area contributed by atoms with Crippen LogP contribution >= 0.6 is 11.8 Å². The average molecular weight is 386 g/mol. The Morgan fingerprint density at radius 2 is 1.89 bits per heavy atom. The molecule has 0 saturated carbocycles. The fraction of sp³-hybridized carbons (Fsp3) is 0.250. The van der Waals surface area contributed by atoms with E-state index in [0.717, 1.165) is 10.6 Å². The zero-order chi connectivity index (χ0) is 19.6. The molecule has 0 bridgehead atoms. The van der Waals surface area contributed by atoms with Gasteiger partial charge in [-0.1, -0.05) is 19.1 Å². The lowest BCUT2D eigenvalue weighted by molar-refractivity contribution is -0.121. The number of esters is 1. The number of nitriles is 1. The first-order chi connectivity index (χ1) is 13.1. The number of rotatable bonds is 8. The number of amides is 1. The Labute approximate surface area is 161 Å². The van der Waals surface area contributed by atoms with E-state index in [2.05, 4.69) is 0 Å². The Morgan fingerprint density at radius 1 is 1.19 bits per heavy atom. The summed E-state index contributed by atoms with van der Waals surface area (Å²) in [6.45, 7) is 1.64. The molecule has 2 rings (SSSR count). The van der Waals surface area contributed by atoms with Gasteiger partial charge in [-0.25, -0.2) is 9.18 Å². The molecule has 2 aromatic rings. The molecule has 27 heavy (non-hydrogen) atoms. The summed E-state index contributed by atoms with van der Waals surface area (Å²) in [7, 11) is 0. The van der Waals surface area contributed by atoms with Crippen molar-refractivity contribution < 1.29 is 18.7 Å². The first-order valence-electron chi connectivity index (χ1n) is 8.38. The minimum absolute atomic E-state index is 0.104. The lowest BCUT2D eigenvalue weighted by Crippen LogP contribution is -2.35. The molecule has 0 spiro atoms. The SMILES string of the molecule is CCSc1ccccc1C(=O)OCC(=O)N(CCC#N)c1ccc(F)cc1. The monoisotopic (exact) mass is 386 g/mol. The highest BCUT2D eigenvalue weighted by Crippen LogP contribution is 2.23. The number of hydrogen-bond acceptors (Lipinski definition) is 5. The van der Waals surface area contributed by atoms with Crippen LogP contribution in [0.5, 0.6) is 0 Å². The van der Waals surface area contributed by atoms with Gasteiger partial charge in [0.2, 0.25) is 0 Å². The number of carbonyl (C=O) groups is 2. The highest BCUT2D eigenvalue weighted by molar-refractivity contribution is 7.99. The van der Waals surface area contributed by atoms with Crippen LogP contribution in [0.4, 0.5) is 10.1 Å². The molecule has 0 aliphatic carbocycles. The first kappa shape index (κ1) is 20.5. The number of benzene rings is 2. The molecule has 0 heterocycles. The predicted octanol–water partition coefficient (Wildman–Crippen LogP) is 4.04. The summed E-state index contributed by atoms with van der Waals surface area (Å²) in [5.74, 6) is -0.691. The minimum Gasteiger partial charge on any atom is -0.452 e. The number of halogens is 1. The van der Waals surface area contributed by atoms with Crippen molar-refractivity contribution in [3.63, 3.8) is 0 Å². The van der Waals surface area contributed by atoms with Crippen LogP contribution in [0, 0.1) is 17.1 Å². The van der Waals surface area contributed by atoms with Gasteiger partial charge in [0.15, 0.2) is 6.61 Å². The van der Waals surface area contributed by atoms with Crippen molar-refractivity contribution in [1.82, 2.24) is 0 Å². The average Bonchev–Trinajstić information content (AvgIpc) is 2.68. The Kier molecular flexibility index (Phi) is 7.83. The van der Waals surface area contributed by atoms with Crippen LogP contribution in [0.15, 0.2) is 53.4 Å². The van der Waals surface area contributed by atoms with E-state index in [1.807, 2.05) is 25.1 Å². The molecular formula is C20H19FN2O3S. The Balaban J connectivity index is 2.08. The van der Waals surface area contributed by atoms with Crippen LogP contribution < -0.4 is 4.90 Å². The molecule has 0 atom stereocenters. The number of carbonyl (C=O) groups excluding carboxylic acids is 2. The Morgan fingerprint density at radius 3 is 2.56 bits per heavy atom. The van der Waals surface area contributed by atoms with Crippen LogP contribution in [0.3, 0.4) is 0 Å². The second kappa shape index (κ2) is 10.3. The van der Waals surface area contributed by atoms with Crippen LogP contribution in [0.25, 0.3) is 0 Å². The summed E-state index contributed by atoms with van der Waals surface area (Å²) in [5, 5.41) is 8.80. The van der Waals surface area contributed by atoms with Crippen LogP contribution in [-0.2, 0) is 9.53 Å². The fourth-order valence-electron chi connectivity index (χ4n) is 2.38. The number of hydrogen-bond donors (Lipinski definition) is 0. The third kappa shape index (κ3) is 5.83. The topological polar surface area (TPSA) is 70.4 Å². The van der Waals surface area contributed by atoms with Gasteiger partial charge < -0.3 is 9.64 Å². The molecule has 0 saturated heterocycles. The summed E-state index contributed by atoms with van der Waals surface area (Å²) in [5.41, 5.74) is 0.845. The van der Waals surface area contributed by atoms with Crippen LogP contribution in [0.1, 0.15) is 23.7 Å². The summed E-state index contributed by atoms with van der Waals surface area (Å²) in [6, 6.07) is 14.4. The largest absolute Gasteiger partial charge is 0.452 e. The second-order valence-electron chi connectivity index (χ2n) is 5.44. The van der Waals surface area contributed by atoms with Crippen molar-refractivity contribution in [2.75, 3.05) is 23.8 Å². The fourth-order valence-corrected chi connectivity index (χ4v) is 3.17. The molecular weight excluding hydrogens is 367 g/mol. The number of nitrogens with zero attached hydrogens (tertiary/aromatic N) is 2. The Hall–Kier alpha value is -2.85. The summed E-state index contributed by atoms with van der Waals surface area (Å²) in [4.78, 5) is 27.0. The normalized spacial score (nSPS) is 10.1. The van der Waals surface area contributed by atoms with E-state index < -0.39 is 24.3 Å². The van der Waals surface area contributed by atoms with E-state index in [9.17, 15) is 14.0 Å². The molecule has 7 heteroatoms. The lowest BCUT2D eigenvalue weighted by Gasteiger charge is -2.21. The number of ether oxygens (including phenoxy) is 1. The second-order valence-corrected chi connectivity index (χ2v) is 6.74. The predicted molar refractivity (Wildman–Crippen MR) is 102 cm³/mol. The summed E-state index contributed by atoms with van der Waals surface area (Å²) >= 11 is 1.51. The van der Waals surface area contributed by atoms with Gasteiger partial charge in [0, 0.05) is 17.1 Å². The molecule has 1 amide bonds. The molecule has 5 nitrogen and oxygen atoms in total. The van der Waals surface area contributed by atoms with Gasteiger partial charge in [0.05, 0.1) is 18.1 Å². The maximum Gasteiger partial charge on any atom is 0.339 e. The molecule has 0 unspecified atom stereocenters. The summed E-state index contributed by atoms with van der Waals surface area (Å²) < 4.78 is 18.3. The van der Waals surface area contributed by atoms with Gasteiger partial charge in [-0.3, -0.25) is 4.79 Å². The molecule has 0 N–H and O–H groups in total. The molecule has 0 fully saturated rings. The highest BCUT2D eigenvalue weighted by Gasteiger charge is 2.19. The van der Waals surface area contributed by atoms with Crippen molar-refractivity contribution in [2.45, 2.75) is 18.2 Å². The smallest absolute Gasteiger partial charge is 0.339 e. The number of thioether (sulfide) groups is 1. The van der Waals surface area contributed by atoms with Gasteiger partial charge in [0.25, 0.3) is 5.91 Å². The van der Waals surface area contributed by atoms with E-state index in [-0.39, 0.29) is 13.0 Å².